The largest absolute Gasteiger partial charge is 0.573 e. The fourth-order valence-corrected chi connectivity index (χ4v) is 2.84. The van der Waals surface area contributed by atoms with Gasteiger partial charge in [-0.05, 0) is 36.2 Å². The molecular formula is C21H22ClF4N3O. The number of benzene rings is 2. The van der Waals surface area contributed by atoms with E-state index in [9.17, 15) is 17.6 Å². The number of para-hydroxylation sites is 1. The zero-order valence-electron chi connectivity index (χ0n) is 16.8. The summed E-state index contributed by atoms with van der Waals surface area (Å²) < 4.78 is 54.4. The fourth-order valence-electron chi connectivity index (χ4n) is 2.72. The molecule has 0 saturated carbocycles. The summed E-state index contributed by atoms with van der Waals surface area (Å²) in [4.78, 5) is 0. The number of hydrogen-bond acceptors (Lipinski definition) is 3. The molecule has 30 heavy (non-hydrogen) atoms. The van der Waals surface area contributed by atoms with Gasteiger partial charge in [0.1, 0.15) is 11.6 Å². The molecule has 0 saturated heterocycles. The molecule has 0 bridgehead atoms. The molecule has 1 atom stereocenters. The Kier molecular flexibility index (Phi) is 8.23. The molecule has 0 spiro atoms. The number of aromatic nitrogens is 3. The summed E-state index contributed by atoms with van der Waals surface area (Å²) in [5, 5.41) is 8.87. The number of rotatable bonds is 5. The van der Waals surface area contributed by atoms with E-state index >= 15 is 0 Å². The second-order valence-electron chi connectivity index (χ2n) is 6.45. The van der Waals surface area contributed by atoms with Gasteiger partial charge in [-0.1, -0.05) is 49.7 Å². The van der Waals surface area contributed by atoms with Crippen LogP contribution in [0, 0.1) is 0 Å². The van der Waals surface area contributed by atoms with Crippen LogP contribution in [0.2, 0.25) is 5.02 Å². The first-order valence-electron chi connectivity index (χ1n) is 9.23. The van der Waals surface area contributed by atoms with Crippen LogP contribution in [0.1, 0.15) is 37.6 Å². The lowest BCUT2D eigenvalue weighted by atomic mass is 10.0. The van der Waals surface area contributed by atoms with Crippen molar-refractivity contribution in [2.24, 2.45) is 7.05 Å². The average Bonchev–Trinajstić information content (AvgIpc) is 3.08. The van der Waals surface area contributed by atoms with Gasteiger partial charge in [-0.25, -0.2) is 0 Å². The Hall–Kier alpha value is -2.61. The molecule has 2 aromatic carbocycles. The smallest absolute Gasteiger partial charge is 0.405 e. The zero-order valence-corrected chi connectivity index (χ0v) is 17.5. The van der Waals surface area contributed by atoms with Crippen LogP contribution in [-0.2, 0) is 7.05 Å². The van der Waals surface area contributed by atoms with E-state index in [0.717, 1.165) is 5.56 Å². The van der Waals surface area contributed by atoms with Crippen molar-refractivity contribution in [1.82, 2.24) is 14.8 Å². The standard InChI is InChI=1S/C18H15ClF3N3O.C3H7F/c1-11(12-7-9-13(19)10-8-12)16-23-24-17(25(16)2)14-5-3-4-6-15(14)26-18(20,21)22;1-2-3-4/h3-11H,1-2H3;2-3H2,1H3. The molecule has 1 heterocycles. The Labute approximate surface area is 177 Å². The van der Waals surface area contributed by atoms with E-state index in [-0.39, 0.29) is 23.9 Å². The molecule has 1 unspecified atom stereocenters. The molecule has 0 N–H and O–H groups in total. The van der Waals surface area contributed by atoms with Crippen molar-refractivity contribution in [3.05, 3.63) is 64.9 Å². The van der Waals surface area contributed by atoms with Gasteiger partial charge in [-0.2, -0.15) is 0 Å². The first kappa shape index (κ1) is 23.7. The Morgan fingerprint density at radius 2 is 1.67 bits per heavy atom. The van der Waals surface area contributed by atoms with Gasteiger partial charge in [0.05, 0.1) is 12.2 Å². The van der Waals surface area contributed by atoms with Crippen LogP contribution in [0.3, 0.4) is 0 Å². The summed E-state index contributed by atoms with van der Waals surface area (Å²) in [7, 11) is 1.71. The third-order valence-electron chi connectivity index (χ3n) is 4.21. The molecule has 0 aliphatic rings. The van der Waals surface area contributed by atoms with E-state index in [0.29, 0.717) is 23.1 Å². The molecule has 3 rings (SSSR count). The van der Waals surface area contributed by atoms with E-state index < -0.39 is 6.36 Å². The molecule has 162 valence electrons. The normalized spacial score (nSPS) is 12.1. The van der Waals surface area contributed by atoms with Gasteiger partial charge in [-0.15, -0.1) is 23.4 Å². The zero-order chi connectivity index (χ0) is 22.3. The lowest BCUT2D eigenvalue weighted by Crippen LogP contribution is -2.18. The highest BCUT2D eigenvalue weighted by atomic mass is 35.5. The maximum atomic E-state index is 12.6. The molecule has 1 aromatic heterocycles. The second kappa shape index (κ2) is 10.4. The van der Waals surface area contributed by atoms with Crippen molar-refractivity contribution in [2.75, 3.05) is 6.67 Å². The summed E-state index contributed by atoms with van der Waals surface area (Å²) in [6.07, 6.45) is -4.13. The van der Waals surface area contributed by atoms with Crippen molar-refractivity contribution in [2.45, 2.75) is 32.5 Å². The molecule has 0 aliphatic heterocycles. The van der Waals surface area contributed by atoms with Gasteiger partial charge in [0, 0.05) is 18.0 Å². The molecule has 3 aromatic rings. The van der Waals surface area contributed by atoms with E-state index in [4.69, 9.17) is 11.6 Å². The van der Waals surface area contributed by atoms with E-state index in [2.05, 4.69) is 14.9 Å². The van der Waals surface area contributed by atoms with Gasteiger partial charge in [0.2, 0.25) is 0 Å². The molecular weight excluding hydrogens is 422 g/mol. The fraction of sp³-hybridized carbons (Fsp3) is 0.333. The number of nitrogens with zero attached hydrogens (tertiary/aromatic N) is 3. The summed E-state index contributed by atoms with van der Waals surface area (Å²) in [5.74, 6) is 0.472. The molecule has 0 radical (unpaired) electrons. The average molecular weight is 444 g/mol. The number of halogens is 5. The Morgan fingerprint density at radius 3 is 2.23 bits per heavy atom. The summed E-state index contributed by atoms with van der Waals surface area (Å²) >= 11 is 5.91. The van der Waals surface area contributed by atoms with Gasteiger partial charge in [0.15, 0.2) is 5.82 Å². The van der Waals surface area contributed by atoms with Crippen molar-refractivity contribution in [1.29, 1.82) is 0 Å². The highest BCUT2D eigenvalue weighted by molar-refractivity contribution is 6.30. The molecule has 9 heteroatoms. The van der Waals surface area contributed by atoms with Crippen LogP contribution >= 0.6 is 11.6 Å². The minimum absolute atomic E-state index is 0.116. The number of hydrogen-bond donors (Lipinski definition) is 0. The van der Waals surface area contributed by atoms with Crippen molar-refractivity contribution >= 4 is 11.6 Å². The summed E-state index contributed by atoms with van der Waals surface area (Å²) in [6.45, 7) is 3.56. The van der Waals surface area contributed by atoms with Gasteiger partial charge in [0.25, 0.3) is 0 Å². The quantitative estimate of drug-likeness (QED) is 0.420. The van der Waals surface area contributed by atoms with Crippen molar-refractivity contribution in [3.8, 4) is 17.1 Å². The molecule has 4 nitrogen and oxygen atoms in total. The van der Waals surface area contributed by atoms with Gasteiger partial charge in [-0.3, -0.25) is 4.39 Å². The first-order valence-corrected chi connectivity index (χ1v) is 9.61. The van der Waals surface area contributed by atoms with Gasteiger partial charge >= 0.3 is 6.36 Å². The van der Waals surface area contributed by atoms with Crippen LogP contribution in [0.5, 0.6) is 5.75 Å². The predicted molar refractivity (Wildman–Crippen MR) is 108 cm³/mol. The topological polar surface area (TPSA) is 39.9 Å². The number of ether oxygens (including phenoxy) is 1. The summed E-state index contributed by atoms with van der Waals surface area (Å²) in [6, 6.07) is 13.2. The maximum Gasteiger partial charge on any atom is 0.573 e. The van der Waals surface area contributed by atoms with Crippen LogP contribution in [0.4, 0.5) is 17.6 Å². The van der Waals surface area contributed by atoms with Gasteiger partial charge < -0.3 is 9.30 Å². The monoisotopic (exact) mass is 443 g/mol. The van der Waals surface area contributed by atoms with E-state index in [1.807, 2.05) is 19.1 Å². The number of alkyl halides is 4. The minimum Gasteiger partial charge on any atom is -0.405 e. The maximum absolute atomic E-state index is 12.6. The molecule has 0 fully saturated rings. The summed E-state index contributed by atoms with van der Waals surface area (Å²) in [5.41, 5.74) is 1.19. The van der Waals surface area contributed by atoms with E-state index in [1.165, 1.54) is 18.2 Å². The lowest BCUT2D eigenvalue weighted by molar-refractivity contribution is -0.274. The van der Waals surface area contributed by atoms with Crippen molar-refractivity contribution < 1.29 is 22.3 Å². The molecule has 0 amide bonds. The van der Waals surface area contributed by atoms with Crippen LogP contribution in [0.15, 0.2) is 48.5 Å². The van der Waals surface area contributed by atoms with Crippen LogP contribution in [-0.4, -0.2) is 27.8 Å². The lowest BCUT2D eigenvalue weighted by Gasteiger charge is -2.14. The third-order valence-corrected chi connectivity index (χ3v) is 4.46. The highest BCUT2D eigenvalue weighted by Crippen LogP contribution is 2.34. The van der Waals surface area contributed by atoms with E-state index in [1.54, 1.807) is 36.7 Å². The Bertz CT molecular complexity index is 940. The Morgan fingerprint density at radius 1 is 1.07 bits per heavy atom. The second-order valence-corrected chi connectivity index (χ2v) is 6.88. The van der Waals surface area contributed by atoms with Crippen LogP contribution in [0.25, 0.3) is 11.4 Å². The Balaban J connectivity index is 0.000000735. The first-order chi connectivity index (χ1) is 14.2. The molecule has 0 aliphatic carbocycles. The third kappa shape index (κ3) is 6.19. The van der Waals surface area contributed by atoms with Crippen LogP contribution < -0.4 is 4.74 Å². The highest BCUT2D eigenvalue weighted by Gasteiger charge is 2.33. The predicted octanol–water partition coefficient (Wildman–Crippen LogP) is 6.55. The SMILES string of the molecule is CC(c1ccc(Cl)cc1)c1nnc(-c2ccccc2OC(F)(F)F)n1C.CCCF. The minimum atomic E-state index is -4.78. The van der Waals surface area contributed by atoms with Crippen molar-refractivity contribution in [3.63, 3.8) is 0 Å².